The van der Waals surface area contributed by atoms with Crippen LogP contribution in [0.4, 0.5) is 5.69 Å². The second-order valence-corrected chi connectivity index (χ2v) is 10.7. The summed E-state index contributed by atoms with van der Waals surface area (Å²) in [7, 11) is -3.81. The molecule has 1 aliphatic rings. The Morgan fingerprint density at radius 3 is 2.61 bits per heavy atom. The van der Waals surface area contributed by atoms with Crippen LogP contribution in [-0.4, -0.2) is 49.1 Å². The third-order valence-electron chi connectivity index (χ3n) is 5.88. The van der Waals surface area contributed by atoms with Crippen molar-refractivity contribution < 1.29 is 18.0 Å². The van der Waals surface area contributed by atoms with E-state index in [4.69, 9.17) is 11.6 Å². The van der Waals surface area contributed by atoms with Gasteiger partial charge in [0.15, 0.2) is 0 Å². The maximum absolute atomic E-state index is 13.2. The first kappa shape index (κ1) is 25.2. The van der Waals surface area contributed by atoms with Gasteiger partial charge in [-0.2, -0.15) is 4.31 Å². The molecule has 178 valence electrons. The van der Waals surface area contributed by atoms with Crippen LogP contribution < -0.4 is 5.32 Å². The van der Waals surface area contributed by atoms with Crippen molar-refractivity contribution in [2.45, 2.75) is 45.1 Å². The highest BCUT2D eigenvalue weighted by Gasteiger charge is 2.31. The Kier molecular flexibility index (Phi) is 8.15. The number of sulfonamides is 1. The summed E-state index contributed by atoms with van der Waals surface area (Å²) in [5.41, 5.74) is 1.54. The predicted octanol–water partition coefficient (Wildman–Crippen LogP) is 4.38. The van der Waals surface area contributed by atoms with Crippen molar-refractivity contribution in [2.75, 3.05) is 25.0 Å². The van der Waals surface area contributed by atoms with Crippen LogP contribution in [0.3, 0.4) is 0 Å². The minimum Gasteiger partial charge on any atom is -0.339 e. The summed E-state index contributed by atoms with van der Waals surface area (Å²) in [5, 5.41) is 2.94. The van der Waals surface area contributed by atoms with Gasteiger partial charge in [0, 0.05) is 44.4 Å². The van der Waals surface area contributed by atoms with E-state index in [2.05, 4.69) is 5.32 Å². The number of amides is 2. The molecule has 1 N–H and O–H groups in total. The lowest BCUT2D eigenvalue weighted by atomic mass is 10.0. The van der Waals surface area contributed by atoms with Crippen molar-refractivity contribution in [3.63, 3.8) is 0 Å². The fourth-order valence-electron chi connectivity index (χ4n) is 3.97. The van der Waals surface area contributed by atoms with Crippen LogP contribution in [0, 0.1) is 5.92 Å². The summed E-state index contributed by atoms with van der Waals surface area (Å²) in [4.78, 5) is 26.4. The van der Waals surface area contributed by atoms with Crippen LogP contribution >= 0.6 is 11.6 Å². The number of anilines is 1. The van der Waals surface area contributed by atoms with Gasteiger partial charge in [-0.25, -0.2) is 8.42 Å². The fourth-order valence-corrected chi connectivity index (χ4v) is 6.07. The number of hydrogen-bond donors (Lipinski definition) is 1. The maximum atomic E-state index is 13.2. The Morgan fingerprint density at radius 1 is 1.21 bits per heavy atom. The largest absolute Gasteiger partial charge is 0.339 e. The Bertz CT molecular complexity index is 1140. The molecule has 1 atom stereocenters. The monoisotopic (exact) mass is 491 g/mol. The lowest BCUT2D eigenvalue weighted by Gasteiger charge is -2.30. The number of piperidine rings is 1. The van der Waals surface area contributed by atoms with Crippen LogP contribution in [0.2, 0.25) is 5.02 Å². The standard InChI is InChI=1S/C24H30ClN3O4S/c1-4-27(18(3)29)16-20-9-5-6-10-22(20)26-24(30)19-11-12-21(25)23(14-19)33(31,32)28-13-7-8-17(2)15-28/h5-6,9-12,14,17H,4,7-8,13,15-16H2,1-3H3,(H,26,30). The van der Waals surface area contributed by atoms with Crippen LogP contribution in [0.5, 0.6) is 0 Å². The second-order valence-electron chi connectivity index (χ2n) is 8.40. The quantitative estimate of drug-likeness (QED) is 0.622. The summed E-state index contributed by atoms with van der Waals surface area (Å²) in [6, 6.07) is 11.5. The van der Waals surface area contributed by atoms with Crippen LogP contribution in [0.1, 0.15) is 49.5 Å². The Balaban J connectivity index is 1.86. The highest BCUT2D eigenvalue weighted by Crippen LogP contribution is 2.29. The molecule has 1 saturated heterocycles. The molecule has 0 aromatic heterocycles. The molecule has 2 amide bonds. The lowest BCUT2D eigenvalue weighted by Crippen LogP contribution is -2.39. The van der Waals surface area contributed by atoms with Crippen molar-refractivity contribution in [3.05, 3.63) is 58.6 Å². The highest BCUT2D eigenvalue weighted by atomic mass is 35.5. The normalized spacial score (nSPS) is 16.9. The number of halogens is 1. The Hall–Kier alpha value is -2.42. The number of carbonyl (C=O) groups is 2. The number of nitrogens with zero attached hydrogens (tertiary/aromatic N) is 2. The van der Waals surface area contributed by atoms with Crippen LogP contribution in [-0.2, 0) is 21.4 Å². The molecule has 0 bridgehead atoms. The van der Waals surface area contributed by atoms with Crippen molar-refractivity contribution in [1.29, 1.82) is 0 Å². The number of para-hydroxylation sites is 1. The zero-order valence-corrected chi connectivity index (χ0v) is 20.7. The van der Waals surface area contributed by atoms with Crippen LogP contribution in [0.25, 0.3) is 0 Å². The van der Waals surface area contributed by atoms with Gasteiger partial charge in [-0.1, -0.05) is 36.7 Å². The highest BCUT2D eigenvalue weighted by molar-refractivity contribution is 7.89. The Morgan fingerprint density at radius 2 is 1.94 bits per heavy atom. The Labute approximate surface area is 200 Å². The van der Waals surface area contributed by atoms with E-state index in [1.54, 1.807) is 17.0 Å². The molecule has 2 aromatic rings. The average molecular weight is 492 g/mol. The molecular weight excluding hydrogens is 462 g/mol. The van der Waals surface area contributed by atoms with Gasteiger partial charge in [-0.15, -0.1) is 0 Å². The second kappa shape index (κ2) is 10.7. The molecule has 1 fully saturated rings. The number of rotatable bonds is 7. The summed E-state index contributed by atoms with van der Waals surface area (Å²) in [5.74, 6) is -0.236. The molecule has 2 aromatic carbocycles. The van der Waals surface area contributed by atoms with E-state index in [1.807, 2.05) is 26.0 Å². The summed E-state index contributed by atoms with van der Waals surface area (Å²) in [6.45, 7) is 7.20. The maximum Gasteiger partial charge on any atom is 0.255 e. The third-order valence-corrected chi connectivity index (χ3v) is 8.23. The van der Waals surface area contributed by atoms with Crippen molar-refractivity contribution >= 4 is 39.1 Å². The van der Waals surface area contributed by atoms with Gasteiger partial charge >= 0.3 is 0 Å². The zero-order chi connectivity index (χ0) is 24.2. The van der Waals surface area contributed by atoms with E-state index in [0.717, 1.165) is 18.4 Å². The molecule has 3 rings (SSSR count). The topological polar surface area (TPSA) is 86.8 Å². The molecule has 33 heavy (non-hydrogen) atoms. The smallest absolute Gasteiger partial charge is 0.255 e. The molecule has 0 radical (unpaired) electrons. The van der Waals surface area contributed by atoms with E-state index in [1.165, 1.54) is 29.4 Å². The van der Waals surface area contributed by atoms with Crippen molar-refractivity contribution in [3.8, 4) is 0 Å². The van der Waals surface area contributed by atoms with E-state index in [-0.39, 0.29) is 27.3 Å². The first-order chi connectivity index (χ1) is 15.6. The van der Waals surface area contributed by atoms with Crippen molar-refractivity contribution in [1.82, 2.24) is 9.21 Å². The first-order valence-corrected chi connectivity index (χ1v) is 12.9. The minimum absolute atomic E-state index is 0.0572. The molecule has 1 unspecified atom stereocenters. The molecule has 1 heterocycles. The van der Waals surface area contributed by atoms with E-state index >= 15 is 0 Å². The van der Waals surface area contributed by atoms with Crippen LogP contribution in [0.15, 0.2) is 47.4 Å². The van der Waals surface area contributed by atoms with E-state index in [9.17, 15) is 18.0 Å². The van der Waals surface area contributed by atoms with Crippen molar-refractivity contribution in [2.24, 2.45) is 5.92 Å². The first-order valence-electron chi connectivity index (χ1n) is 11.1. The molecular formula is C24H30ClN3O4S. The summed E-state index contributed by atoms with van der Waals surface area (Å²) >= 11 is 6.25. The molecule has 9 heteroatoms. The number of hydrogen-bond acceptors (Lipinski definition) is 4. The minimum atomic E-state index is -3.81. The van der Waals surface area contributed by atoms with Gasteiger partial charge in [-0.3, -0.25) is 9.59 Å². The zero-order valence-electron chi connectivity index (χ0n) is 19.2. The molecule has 1 aliphatic heterocycles. The van der Waals surface area contributed by atoms with Gasteiger partial charge in [0.2, 0.25) is 15.9 Å². The van der Waals surface area contributed by atoms with E-state index < -0.39 is 15.9 Å². The number of carbonyl (C=O) groups excluding carboxylic acids is 2. The molecule has 7 nitrogen and oxygen atoms in total. The predicted molar refractivity (Wildman–Crippen MR) is 130 cm³/mol. The van der Waals surface area contributed by atoms with Gasteiger partial charge in [0.05, 0.1) is 5.02 Å². The summed E-state index contributed by atoms with van der Waals surface area (Å²) in [6.07, 6.45) is 1.78. The van der Waals surface area contributed by atoms with Gasteiger partial charge in [0.1, 0.15) is 4.90 Å². The fraction of sp³-hybridized carbons (Fsp3) is 0.417. The average Bonchev–Trinajstić information content (AvgIpc) is 2.78. The molecule has 0 spiro atoms. The SMILES string of the molecule is CCN(Cc1ccccc1NC(=O)c1ccc(Cl)c(S(=O)(=O)N2CCCC(C)C2)c1)C(C)=O. The number of nitrogens with one attached hydrogen (secondary N) is 1. The van der Waals surface area contributed by atoms with E-state index in [0.29, 0.717) is 31.9 Å². The summed E-state index contributed by atoms with van der Waals surface area (Å²) < 4.78 is 27.9. The van der Waals surface area contributed by atoms with Gasteiger partial charge in [0.25, 0.3) is 5.91 Å². The van der Waals surface area contributed by atoms with Gasteiger partial charge in [-0.05, 0) is 55.5 Å². The van der Waals surface area contributed by atoms with Gasteiger partial charge < -0.3 is 10.2 Å². The molecule has 0 aliphatic carbocycles. The number of benzene rings is 2. The lowest BCUT2D eigenvalue weighted by molar-refractivity contribution is -0.129. The third kappa shape index (κ3) is 5.93. The molecule has 0 saturated carbocycles.